The van der Waals surface area contributed by atoms with Crippen LogP contribution in [-0.4, -0.2) is 48.7 Å². The van der Waals surface area contributed by atoms with Crippen molar-refractivity contribution in [1.82, 2.24) is 8.87 Å². The van der Waals surface area contributed by atoms with Gasteiger partial charge >= 0.3 is 5.97 Å². The Morgan fingerprint density at radius 1 is 1.03 bits per heavy atom. The van der Waals surface area contributed by atoms with Gasteiger partial charge in [-0.2, -0.15) is 4.31 Å². The van der Waals surface area contributed by atoms with Crippen LogP contribution in [0.5, 0.6) is 0 Å². The second kappa shape index (κ2) is 8.59. The standard InChI is InChI=1S/C23H28N2O5S/c1-16-14-21(17(2)25(16)19-8-9-19)22(26)15-30-23(27)18-6-10-20(11-7-18)31(28,29)24-12-4-3-5-13-24/h6-7,10-11,14,19H,3-5,8-9,12-13,15H2,1-2H3. The summed E-state index contributed by atoms with van der Waals surface area (Å²) in [7, 11) is -3.55. The number of esters is 1. The summed E-state index contributed by atoms with van der Waals surface area (Å²) >= 11 is 0. The third-order valence-electron chi connectivity index (χ3n) is 6.07. The normalized spacial score (nSPS) is 17.5. The average molecular weight is 445 g/mol. The molecular weight excluding hydrogens is 416 g/mol. The highest BCUT2D eigenvalue weighted by atomic mass is 32.2. The Hall–Kier alpha value is -2.45. The van der Waals surface area contributed by atoms with Gasteiger partial charge in [-0.1, -0.05) is 6.42 Å². The number of aryl methyl sites for hydroxylation is 1. The maximum Gasteiger partial charge on any atom is 0.338 e. The molecule has 2 fully saturated rings. The SMILES string of the molecule is Cc1cc(C(=O)COC(=O)c2ccc(S(=O)(=O)N3CCCCC3)cc2)c(C)n1C1CC1. The van der Waals surface area contributed by atoms with Crippen LogP contribution in [0, 0.1) is 13.8 Å². The molecule has 7 nitrogen and oxygen atoms in total. The molecule has 4 rings (SSSR count). The third kappa shape index (κ3) is 4.45. The molecule has 31 heavy (non-hydrogen) atoms. The van der Waals surface area contributed by atoms with Crippen LogP contribution in [0.1, 0.15) is 70.2 Å². The zero-order valence-corrected chi connectivity index (χ0v) is 18.8. The lowest BCUT2D eigenvalue weighted by molar-refractivity contribution is 0.0474. The van der Waals surface area contributed by atoms with E-state index < -0.39 is 16.0 Å². The molecule has 0 amide bonds. The molecule has 1 aromatic carbocycles. The number of carbonyl (C=O) groups excluding carboxylic acids is 2. The summed E-state index contributed by atoms with van der Waals surface area (Å²) in [5.74, 6) is -0.885. The van der Waals surface area contributed by atoms with Gasteiger partial charge in [-0.15, -0.1) is 0 Å². The smallest absolute Gasteiger partial charge is 0.338 e. The predicted molar refractivity (Wildman–Crippen MR) is 116 cm³/mol. The van der Waals surface area contributed by atoms with E-state index in [0.29, 0.717) is 24.7 Å². The van der Waals surface area contributed by atoms with Crippen LogP contribution in [0.2, 0.25) is 0 Å². The zero-order chi connectivity index (χ0) is 22.2. The van der Waals surface area contributed by atoms with Gasteiger partial charge in [-0.3, -0.25) is 4.79 Å². The van der Waals surface area contributed by atoms with Crippen molar-refractivity contribution >= 4 is 21.8 Å². The molecule has 1 aromatic heterocycles. The first-order valence-electron chi connectivity index (χ1n) is 10.8. The first kappa shape index (κ1) is 21.8. The van der Waals surface area contributed by atoms with Crippen LogP contribution in [0.4, 0.5) is 0 Å². The third-order valence-corrected chi connectivity index (χ3v) is 7.99. The second-order valence-electron chi connectivity index (χ2n) is 8.37. The van der Waals surface area contributed by atoms with E-state index in [1.165, 1.54) is 28.6 Å². The molecule has 2 heterocycles. The van der Waals surface area contributed by atoms with E-state index >= 15 is 0 Å². The van der Waals surface area contributed by atoms with Gasteiger partial charge in [0.25, 0.3) is 0 Å². The molecule has 166 valence electrons. The Bertz CT molecular complexity index is 1090. The van der Waals surface area contributed by atoms with Crippen molar-refractivity contribution in [2.75, 3.05) is 19.7 Å². The van der Waals surface area contributed by atoms with E-state index in [9.17, 15) is 18.0 Å². The summed E-state index contributed by atoms with van der Waals surface area (Å²) in [5, 5.41) is 0. The Kier molecular flexibility index (Phi) is 6.03. The van der Waals surface area contributed by atoms with Gasteiger partial charge in [0.15, 0.2) is 6.61 Å². The molecule has 1 aliphatic carbocycles. The Morgan fingerprint density at radius 3 is 2.29 bits per heavy atom. The first-order valence-corrected chi connectivity index (χ1v) is 12.2. The summed E-state index contributed by atoms with van der Waals surface area (Å²) in [4.78, 5) is 25.1. The highest BCUT2D eigenvalue weighted by molar-refractivity contribution is 7.89. The summed E-state index contributed by atoms with van der Waals surface area (Å²) in [6.07, 6.45) is 5.02. The molecule has 1 saturated carbocycles. The van der Waals surface area contributed by atoms with Crippen molar-refractivity contribution in [3.63, 3.8) is 0 Å². The maximum atomic E-state index is 12.7. The number of aromatic nitrogens is 1. The lowest BCUT2D eigenvalue weighted by atomic mass is 10.1. The fraction of sp³-hybridized carbons (Fsp3) is 0.478. The molecule has 2 aromatic rings. The highest BCUT2D eigenvalue weighted by Gasteiger charge is 2.29. The van der Waals surface area contributed by atoms with Crippen molar-refractivity contribution in [2.45, 2.75) is 56.9 Å². The van der Waals surface area contributed by atoms with Crippen molar-refractivity contribution < 1.29 is 22.7 Å². The average Bonchev–Trinajstić information content (AvgIpc) is 3.56. The number of hydrogen-bond donors (Lipinski definition) is 0. The van der Waals surface area contributed by atoms with Crippen LogP contribution in [0.3, 0.4) is 0 Å². The Morgan fingerprint density at radius 2 is 1.68 bits per heavy atom. The van der Waals surface area contributed by atoms with Crippen molar-refractivity contribution in [3.05, 3.63) is 52.8 Å². The van der Waals surface area contributed by atoms with Crippen molar-refractivity contribution in [2.24, 2.45) is 0 Å². The molecule has 1 saturated heterocycles. The van der Waals surface area contributed by atoms with Crippen LogP contribution in [-0.2, 0) is 14.8 Å². The van der Waals surface area contributed by atoms with Gasteiger partial charge in [0.2, 0.25) is 15.8 Å². The molecule has 0 atom stereocenters. The van der Waals surface area contributed by atoms with E-state index in [0.717, 1.165) is 43.5 Å². The van der Waals surface area contributed by atoms with Crippen LogP contribution in [0.15, 0.2) is 35.2 Å². The van der Waals surface area contributed by atoms with Gasteiger partial charge in [-0.25, -0.2) is 13.2 Å². The van der Waals surface area contributed by atoms with Crippen LogP contribution >= 0.6 is 0 Å². The van der Waals surface area contributed by atoms with Gasteiger partial charge in [0, 0.05) is 36.1 Å². The fourth-order valence-corrected chi connectivity index (χ4v) is 5.78. The van der Waals surface area contributed by atoms with Crippen LogP contribution < -0.4 is 0 Å². The predicted octanol–water partition coefficient (Wildman–Crippen LogP) is 3.65. The second-order valence-corrected chi connectivity index (χ2v) is 10.3. The lowest BCUT2D eigenvalue weighted by Gasteiger charge is -2.25. The number of sulfonamides is 1. The van der Waals surface area contributed by atoms with E-state index in [4.69, 9.17) is 4.74 Å². The van der Waals surface area contributed by atoms with Gasteiger partial charge in [-0.05, 0) is 69.9 Å². The molecule has 2 aliphatic rings. The first-order chi connectivity index (χ1) is 14.8. The lowest BCUT2D eigenvalue weighted by Crippen LogP contribution is -2.35. The number of piperidine rings is 1. The Balaban J connectivity index is 1.39. The molecule has 0 spiro atoms. The number of Topliss-reactive ketones (excluding diaryl/α,β-unsaturated/α-hetero) is 1. The number of rotatable bonds is 7. The number of ether oxygens (including phenoxy) is 1. The zero-order valence-electron chi connectivity index (χ0n) is 18.0. The Labute approximate surface area is 183 Å². The van der Waals surface area contributed by atoms with E-state index in [-0.39, 0.29) is 22.8 Å². The van der Waals surface area contributed by atoms with Gasteiger partial charge < -0.3 is 9.30 Å². The maximum absolute atomic E-state index is 12.7. The van der Waals surface area contributed by atoms with E-state index in [1.807, 2.05) is 19.9 Å². The van der Waals surface area contributed by atoms with Gasteiger partial charge in [0.05, 0.1) is 10.5 Å². The molecule has 0 unspecified atom stereocenters. The summed E-state index contributed by atoms with van der Waals surface area (Å²) in [6.45, 7) is 4.60. The number of hydrogen-bond acceptors (Lipinski definition) is 5. The topological polar surface area (TPSA) is 85.7 Å². The van der Waals surface area contributed by atoms with E-state index in [2.05, 4.69) is 4.57 Å². The fourth-order valence-electron chi connectivity index (χ4n) is 4.26. The summed E-state index contributed by atoms with van der Waals surface area (Å²) in [6, 6.07) is 8.04. The molecule has 0 bridgehead atoms. The largest absolute Gasteiger partial charge is 0.454 e. The molecule has 0 radical (unpaired) electrons. The highest BCUT2D eigenvalue weighted by Crippen LogP contribution is 2.38. The van der Waals surface area contributed by atoms with Gasteiger partial charge in [0.1, 0.15) is 0 Å². The number of carbonyl (C=O) groups is 2. The monoisotopic (exact) mass is 444 g/mol. The number of benzene rings is 1. The minimum atomic E-state index is -3.55. The molecule has 0 N–H and O–H groups in total. The van der Waals surface area contributed by atoms with Crippen molar-refractivity contribution in [3.8, 4) is 0 Å². The minimum Gasteiger partial charge on any atom is -0.454 e. The summed E-state index contributed by atoms with van der Waals surface area (Å²) in [5.41, 5.74) is 2.75. The number of nitrogens with zero attached hydrogens (tertiary/aromatic N) is 2. The van der Waals surface area contributed by atoms with E-state index in [1.54, 1.807) is 0 Å². The molecular formula is C23H28N2O5S. The van der Waals surface area contributed by atoms with Crippen LogP contribution in [0.25, 0.3) is 0 Å². The van der Waals surface area contributed by atoms with Crippen molar-refractivity contribution in [1.29, 1.82) is 0 Å². The number of ketones is 1. The summed E-state index contributed by atoms with van der Waals surface area (Å²) < 4.78 is 34.3. The minimum absolute atomic E-state index is 0.162. The molecule has 1 aliphatic heterocycles. The quantitative estimate of drug-likeness (QED) is 0.481. The molecule has 8 heteroatoms.